The summed E-state index contributed by atoms with van der Waals surface area (Å²) in [6.45, 7) is 3.36. The molecule has 322 valence electrons. The van der Waals surface area contributed by atoms with E-state index in [0.717, 1.165) is 71.3 Å². The number of likely N-dealkylation sites (tertiary alicyclic amines) is 1. The van der Waals surface area contributed by atoms with Gasteiger partial charge in [0.25, 0.3) is 5.91 Å². The van der Waals surface area contributed by atoms with Crippen LogP contribution in [-0.2, 0) is 23.8 Å². The molecule has 3 amide bonds. The third-order valence-electron chi connectivity index (χ3n) is 11.6. The van der Waals surface area contributed by atoms with Gasteiger partial charge in [-0.25, -0.2) is 19.6 Å². The summed E-state index contributed by atoms with van der Waals surface area (Å²) in [6, 6.07) is 23.8. The molecule has 17 nitrogen and oxygen atoms in total. The van der Waals surface area contributed by atoms with Crippen LogP contribution in [0.5, 0.6) is 0 Å². The number of methoxy groups -OCH3 is 3. The molecule has 2 saturated heterocycles. The van der Waals surface area contributed by atoms with Crippen LogP contribution in [0.1, 0.15) is 67.9 Å². The predicted molar refractivity (Wildman–Crippen MR) is 229 cm³/mol. The summed E-state index contributed by atoms with van der Waals surface area (Å²) in [4.78, 5) is 62.3. The number of carbonyl (C=O) groups is 3. The number of H-pyrrole nitrogens is 2. The van der Waals surface area contributed by atoms with E-state index in [1.807, 2.05) is 66.7 Å². The number of nitrogens with zero attached hydrogens (tertiary/aromatic N) is 6. The van der Waals surface area contributed by atoms with E-state index in [-0.39, 0.29) is 30.7 Å². The van der Waals surface area contributed by atoms with Gasteiger partial charge in [-0.3, -0.25) is 9.63 Å². The molecule has 2 aliphatic rings. The van der Waals surface area contributed by atoms with E-state index in [2.05, 4.69) is 66.1 Å². The molecule has 0 spiro atoms. The maximum absolute atomic E-state index is 13.9. The van der Waals surface area contributed by atoms with E-state index >= 15 is 0 Å². The maximum Gasteiger partial charge on any atom is 0.407 e. The molecule has 0 aliphatic carbocycles. The van der Waals surface area contributed by atoms with Gasteiger partial charge >= 0.3 is 12.2 Å². The molecule has 4 N–H and O–H groups in total. The summed E-state index contributed by atoms with van der Waals surface area (Å²) in [5, 5.41) is 18.6. The van der Waals surface area contributed by atoms with E-state index in [1.165, 1.54) is 14.2 Å². The van der Waals surface area contributed by atoms with E-state index in [4.69, 9.17) is 24.0 Å². The number of benzene rings is 3. The minimum Gasteiger partial charge on any atom is -0.453 e. The van der Waals surface area contributed by atoms with Crippen molar-refractivity contribution >= 4 is 28.9 Å². The summed E-state index contributed by atoms with van der Waals surface area (Å²) < 4.78 is 15.0. The Hall–Kier alpha value is -6.69. The summed E-state index contributed by atoms with van der Waals surface area (Å²) in [5.41, 5.74) is 5.53. The molecular formula is C45H50N10O7. The first kappa shape index (κ1) is 42.0. The predicted octanol–water partition coefficient (Wildman–Crippen LogP) is 6.67. The summed E-state index contributed by atoms with van der Waals surface area (Å²) >= 11 is 0. The van der Waals surface area contributed by atoms with Gasteiger partial charge in [-0.1, -0.05) is 54.6 Å². The lowest BCUT2D eigenvalue weighted by atomic mass is 10.0. The van der Waals surface area contributed by atoms with Crippen LogP contribution < -0.4 is 10.6 Å². The molecule has 8 rings (SSSR count). The van der Waals surface area contributed by atoms with Crippen molar-refractivity contribution in [2.45, 2.75) is 62.9 Å². The van der Waals surface area contributed by atoms with Crippen molar-refractivity contribution in [2.24, 2.45) is 0 Å². The topological polar surface area (TPSA) is 202 Å². The fourth-order valence-corrected chi connectivity index (χ4v) is 8.09. The molecule has 62 heavy (non-hydrogen) atoms. The Morgan fingerprint density at radius 1 is 0.742 bits per heavy atom. The van der Waals surface area contributed by atoms with Gasteiger partial charge in [0.2, 0.25) is 0 Å². The van der Waals surface area contributed by atoms with E-state index in [9.17, 15) is 14.4 Å². The van der Waals surface area contributed by atoms with Crippen LogP contribution in [0, 0.1) is 0 Å². The molecule has 17 heteroatoms. The van der Waals surface area contributed by atoms with Crippen LogP contribution >= 0.6 is 0 Å². The fraction of sp³-hybridized carbons (Fsp3) is 0.356. The van der Waals surface area contributed by atoms with Gasteiger partial charge in [-0.2, -0.15) is 5.06 Å². The molecule has 0 saturated carbocycles. The number of hydroxylamine groups is 2. The number of aromatic amines is 2. The number of hydrogen-bond donors (Lipinski definition) is 4. The lowest BCUT2D eigenvalue weighted by Crippen LogP contribution is -2.47. The number of alkyl carbamates (subject to hydrolysis) is 2. The van der Waals surface area contributed by atoms with Crippen molar-refractivity contribution in [2.75, 3.05) is 41.0 Å². The molecule has 2 fully saturated rings. The number of carbonyl (C=O) groups excluding carboxylic acids is 3. The van der Waals surface area contributed by atoms with Gasteiger partial charge < -0.3 is 39.7 Å². The molecule has 0 unspecified atom stereocenters. The number of hydrogen-bond acceptors (Lipinski definition) is 12. The second kappa shape index (κ2) is 18.9. The van der Waals surface area contributed by atoms with Crippen LogP contribution in [0.3, 0.4) is 0 Å². The summed E-state index contributed by atoms with van der Waals surface area (Å²) in [6.07, 6.45) is 5.41. The molecule has 5 heterocycles. The smallest absolute Gasteiger partial charge is 0.407 e. The largest absolute Gasteiger partial charge is 0.453 e. The third kappa shape index (κ3) is 9.14. The van der Waals surface area contributed by atoms with Gasteiger partial charge in [0, 0.05) is 31.3 Å². The second-order valence-corrected chi connectivity index (χ2v) is 15.4. The van der Waals surface area contributed by atoms with E-state index in [0.29, 0.717) is 29.3 Å². The Kier molecular flexibility index (Phi) is 12.8. The fourth-order valence-electron chi connectivity index (χ4n) is 8.09. The number of aromatic nitrogens is 6. The highest BCUT2D eigenvalue weighted by Gasteiger charge is 2.37. The molecular weight excluding hydrogens is 793 g/mol. The van der Waals surface area contributed by atoms with Crippen LogP contribution in [0.25, 0.3) is 44.7 Å². The van der Waals surface area contributed by atoms with Gasteiger partial charge in [-0.05, 0) is 73.2 Å². The standard InChI is InChI=1S/C45H50N10O7/c1-27(59-2)37(50-44(57)60-3)26-62-55-21-9-13-39(55)42-46-24-35(48-42)32-17-15-29-22-31(16-14-30(29)23-32)33-18-19-34(53-52-33)36-25-47-41(49-36)38-12-8-20-54(38)43(56)40(51-45(58)61-4)28-10-6-5-7-11-28/h5-7,10-11,14-19,22-25,27,37-40H,8-9,12-13,20-21,26H2,1-4H3,(H,46,48)(H,47,49)(H,50,57)(H,51,58)/t27-,37-,38+,39+,40-/m1/s1. The zero-order chi connectivity index (χ0) is 43.2. The molecule has 2 aliphatic heterocycles. The zero-order valence-corrected chi connectivity index (χ0v) is 35.0. The number of amides is 3. The minimum absolute atomic E-state index is 0.0593. The summed E-state index contributed by atoms with van der Waals surface area (Å²) in [7, 11) is 4.19. The highest BCUT2D eigenvalue weighted by Crippen LogP contribution is 2.35. The van der Waals surface area contributed by atoms with Gasteiger partial charge in [0.1, 0.15) is 23.4 Å². The SMILES string of the molecule is COC(=O)N[C@@H](C(=O)N1CCC[C@H]1c1ncc(-c2ccc(-c3ccc4cc(-c5cnc([C@@H]6CCCN6OC[C@@H](NC(=O)OC)[C@@H](C)OC)[nH]5)ccc4c3)nn2)[nH]1)c1ccccc1. The highest BCUT2D eigenvalue weighted by molar-refractivity contribution is 5.90. The second-order valence-electron chi connectivity index (χ2n) is 15.4. The van der Waals surface area contributed by atoms with E-state index in [1.54, 1.807) is 18.2 Å². The first-order chi connectivity index (χ1) is 30.2. The highest BCUT2D eigenvalue weighted by atomic mass is 16.7. The van der Waals surface area contributed by atoms with Gasteiger partial charge in [0.15, 0.2) is 0 Å². The Balaban J connectivity index is 0.919. The van der Waals surface area contributed by atoms with Crippen molar-refractivity contribution in [3.05, 3.63) is 108 Å². The number of rotatable bonds is 14. The lowest BCUT2D eigenvalue weighted by molar-refractivity contribution is -0.182. The summed E-state index contributed by atoms with van der Waals surface area (Å²) in [5.74, 6) is 1.22. The zero-order valence-electron chi connectivity index (χ0n) is 35.0. The van der Waals surface area contributed by atoms with Crippen LogP contribution in [0.4, 0.5) is 9.59 Å². The molecule has 3 aromatic heterocycles. The molecule has 5 atom stereocenters. The van der Waals surface area contributed by atoms with Crippen molar-refractivity contribution in [1.82, 2.24) is 50.7 Å². The van der Waals surface area contributed by atoms with E-state index < -0.39 is 24.3 Å². The Bertz CT molecular complexity index is 2490. The van der Waals surface area contributed by atoms with Gasteiger partial charge in [-0.15, -0.1) is 10.2 Å². The molecule has 0 bridgehead atoms. The first-order valence-corrected chi connectivity index (χ1v) is 20.7. The number of fused-ring (bicyclic) bond motifs is 1. The molecule has 6 aromatic rings. The Morgan fingerprint density at radius 3 is 2.10 bits per heavy atom. The van der Waals surface area contributed by atoms with Crippen LogP contribution in [-0.4, -0.2) is 111 Å². The van der Waals surface area contributed by atoms with Gasteiger partial charge in [0.05, 0.1) is 74.5 Å². The Morgan fingerprint density at radius 2 is 1.37 bits per heavy atom. The third-order valence-corrected chi connectivity index (χ3v) is 11.6. The van der Waals surface area contributed by atoms with Crippen LogP contribution in [0.15, 0.2) is 91.3 Å². The van der Waals surface area contributed by atoms with Crippen molar-refractivity contribution in [1.29, 1.82) is 0 Å². The quantitative estimate of drug-likeness (QED) is 0.0910. The number of imidazole rings is 2. The monoisotopic (exact) mass is 842 g/mol. The van der Waals surface area contributed by atoms with Crippen molar-refractivity contribution < 1.29 is 33.4 Å². The Labute approximate surface area is 358 Å². The number of ether oxygens (including phenoxy) is 3. The normalized spacial score (nSPS) is 18.0. The maximum atomic E-state index is 13.9. The molecule has 0 radical (unpaired) electrons. The molecule has 3 aromatic carbocycles. The average Bonchev–Trinajstić information content (AvgIpc) is 4.17. The average molecular weight is 843 g/mol. The van der Waals surface area contributed by atoms with Crippen molar-refractivity contribution in [3.8, 4) is 33.9 Å². The lowest BCUT2D eigenvalue weighted by Gasteiger charge is -2.28. The number of nitrogens with one attached hydrogen (secondary N) is 4. The van der Waals surface area contributed by atoms with Crippen molar-refractivity contribution in [3.63, 3.8) is 0 Å². The first-order valence-electron chi connectivity index (χ1n) is 20.7. The minimum atomic E-state index is -0.898. The van der Waals surface area contributed by atoms with Crippen LogP contribution in [0.2, 0.25) is 0 Å².